The van der Waals surface area contributed by atoms with Gasteiger partial charge in [0.25, 0.3) is 0 Å². The van der Waals surface area contributed by atoms with Crippen molar-refractivity contribution in [2.75, 3.05) is 26.2 Å². The van der Waals surface area contributed by atoms with E-state index in [9.17, 15) is 4.39 Å². The number of hydrogen-bond donors (Lipinski definition) is 1. The molecular formula is C31H40F3N3O. The van der Waals surface area contributed by atoms with Gasteiger partial charge in [0.1, 0.15) is 11.8 Å². The molecule has 0 bridgehead atoms. The summed E-state index contributed by atoms with van der Waals surface area (Å²) in [5.41, 5.74) is 1.96. The van der Waals surface area contributed by atoms with Gasteiger partial charge in [-0.3, -0.25) is 9.80 Å². The van der Waals surface area contributed by atoms with Gasteiger partial charge >= 0.3 is 0 Å². The number of nitrogens with zero attached hydrogens (tertiary/aromatic N) is 2. The summed E-state index contributed by atoms with van der Waals surface area (Å²) in [6.45, 7) is 9.84. The lowest BCUT2D eigenvalue weighted by molar-refractivity contribution is 0.0142. The van der Waals surface area contributed by atoms with Crippen LogP contribution in [0.2, 0.25) is 0 Å². The number of hydrogen-bond acceptors (Lipinski definition) is 3. The van der Waals surface area contributed by atoms with Gasteiger partial charge < -0.3 is 9.72 Å². The first-order chi connectivity index (χ1) is 18.1. The average Bonchev–Trinajstić information content (AvgIpc) is 3.18. The van der Waals surface area contributed by atoms with Crippen LogP contribution in [0, 0.1) is 11.6 Å². The van der Waals surface area contributed by atoms with E-state index in [0.29, 0.717) is 18.7 Å². The van der Waals surface area contributed by atoms with E-state index in [0.717, 1.165) is 41.5 Å². The number of nitrogens with one attached hydrogen (secondary N) is 1. The number of aromatic amines is 1. The second-order valence-corrected chi connectivity index (χ2v) is 11.8. The SMILES string of the molecule is CCCCCCN1CC(Oc2c(F)cc([C@@H]3c4[nH]c5ccccc5c4C[C@@H](C)N3CC(C)(C)F)cc2F)C1. The van der Waals surface area contributed by atoms with E-state index in [-0.39, 0.29) is 24.4 Å². The van der Waals surface area contributed by atoms with Crippen LogP contribution in [0.15, 0.2) is 36.4 Å². The molecule has 2 aliphatic heterocycles. The summed E-state index contributed by atoms with van der Waals surface area (Å²) < 4.78 is 51.6. The molecule has 1 aromatic heterocycles. The van der Waals surface area contributed by atoms with Gasteiger partial charge in [0.15, 0.2) is 17.4 Å². The largest absolute Gasteiger partial charge is 0.482 e. The molecule has 1 fully saturated rings. The lowest BCUT2D eigenvalue weighted by Crippen LogP contribution is -2.54. The normalized spacial score (nSPS) is 21.0. The Labute approximate surface area is 224 Å². The topological polar surface area (TPSA) is 31.5 Å². The number of fused-ring (bicyclic) bond motifs is 3. The van der Waals surface area contributed by atoms with Crippen LogP contribution in [0.4, 0.5) is 13.2 Å². The number of likely N-dealkylation sites (tertiary alicyclic amines) is 1. The fraction of sp³-hybridized carbons (Fsp3) is 0.548. The number of para-hydroxylation sites is 1. The molecule has 5 rings (SSSR count). The van der Waals surface area contributed by atoms with E-state index in [1.807, 2.05) is 23.1 Å². The molecule has 3 heterocycles. The second kappa shape index (κ2) is 10.9. The first-order valence-corrected chi connectivity index (χ1v) is 14.1. The van der Waals surface area contributed by atoms with Gasteiger partial charge in [-0.25, -0.2) is 13.2 Å². The molecule has 0 radical (unpaired) electrons. The third-order valence-corrected chi connectivity index (χ3v) is 7.95. The van der Waals surface area contributed by atoms with Gasteiger partial charge in [0.05, 0.1) is 6.04 Å². The fourth-order valence-electron chi connectivity index (χ4n) is 6.10. The molecule has 0 saturated carbocycles. The van der Waals surface area contributed by atoms with Gasteiger partial charge in [-0.2, -0.15) is 0 Å². The van der Waals surface area contributed by atoms with Crippen LogP contribution in [-0.2, 0) is 6.42 Å². The zero-order valence-electron chi connectivity index (χ0n) is 23.0. The second-order valence-electron chi connectivity index (χ2n) is 11.8. The maximum absolute atomic E-state index is 15.4. The number of alkyl halides is 1. The minimum Gasteiger partial charge on any atom is -0.482 e. The number of unbranched alkanes of at least 4 members (excludes halogenated alkanes) is 3. The summed E-state index contributed by atoms with van der Waals surface area (Å²) in [4.78, 5) is 7.78. The predicted octanol–water partition coefficient (Wildman–Crippen LogP) is 7.17. The standard InChI is InChI=1S/C31H40F3N3O/c1-5-6-7-10-13-36-17-22(18-36)38-30-25(32)15-21(16-26(30)33)29-28-24(23-11-8-9-12-27(23)35-28)14-20(2)37(29)19-31(3,4)34/h8-9,11-12,15-16,20,22,29,35H,5-7,10,13-14,17-19H2,1-4H3/t20-,29-/m1/s1. The summed E-state index contributed by atoms with van der Waals surface area (Å²) in [5.74, 6) is -1.74. The maximum atomic E-state index is 15.4. The van der Waals surface area contributed by atoms with Crippen LogP contribution in [-0.4, -0.2) is 58.8 Å². The van der Waals surface area contributed by atoms with Gasteiger partial charge in [-0.05, 0) is 69.5 Å². The zero-order chi connectivity index (χ0) is 27.0. The van der Waals surface area contributed by atoms with Crippen LogP contribution < -0.4 is 4.74 Å². The predicted molar refractivity (Wildman–Crippen MR) is 147 cm³/mol. The lowest BCUT2D eigenvalue weighted by atomic mass is 9.87. The minimum absolute atomic E-state index is 0.0120. The van der Waals surface area contributed by atoms with Crippen molar-refractivity contribution in [1.82, 2.24) is 14.8 Å². The van der Waals surface area contributed by atoms with Crippen molar-refractivity contribution in [3.05, 3.63) is 64.9 Å². The highest BCUT2D eigenvalue weighted by Gasteiger charge is 2.39. The fourth-order valence-corrected chi connectivity index (χ4v) is 6.10. The Morgan fingerprint density at radius 2 is 1.76 bits per heavy atom. The van der Waals surface area contributed by atoms with Crippen LogP contribution in [0.1, 0.15) is 76.2 Å². The number of aromatic nitrogens is 1. The molecule has 0 amide bonds. The van der Waals surface area contributed by atoms with Gasteiger partial charge in [0.2, 0.25) is 0 Å². The Morgan fingerprint density at radius 1 is 1.05 bits per heavy atom. The summed E-state index contributed by atoms with van der Waals surface area (Å²) in [7, 11) is 0. The van der Waals surface area contributed by atoms with Crippen LogP contribution in [0.3, 0.4) is 0 Å². The van der Waals surface area contributed by atoms with E-state index in [4.69, 9.17) is 4.74 Å². The Kier molecular flexibility index (Phi) is 7.79. The number of rotatable bonds is 10. The van der Waals surface area contributed by atoms with Crippen LogP contribution >= 0.6 is 0 Å². The Morgan fingerprint density at radius 3 is 2.45 bits per heavy atom. The first kappa shape index (κ1) is 27.1. The van der Waals surface area contributed by atoms with Crippen LogP contribution in [0.5, 0.6) is 5.75 Å². The van der Waals surface area contributed by atoms with Crippen molar-refractivity contribution in [3.8, 4) is 5.75 Å². The molecule has 7 heteroatoms. The van der Waals surface area contributed by atoms with Crippen molar-refractivity contribution in [1.29, 1.82) is 0 Å². The van der Waals surface area contributed by atoms with E-state index in [2.05, 4.69) is 29.8 Å². The Hall–Kier alpha value is -2.51. The highest BCUT2D eigenvalue weighted by Crippen LogP contribution is 2.43. The van der Waals surface area contributed by atoms with Crippen LogP contribution in [0.25, 0.3) is 10.9 Å². The first-order valence-electron chi connectivity index (χ1n) is 14.1. The minimum atomic E-state index is -1.47. The maximum Gasteiger partial charge on any atom is 0.191 e. The molecular weight excluding hydrogens is 487 g/mol. The Balaban J connectivity index is 1.41. The van der Waals surface area contributed by atoms with Crippen molar-refractivity contribution in [2.45, 2.75) is 83.7 Å². The zero-order valence-corrected chi connectivity index (χ0v) is 23.0. The molecule has 1 N–H and O–H groups in total. The lowest BCUT2D eigenvalue weighted by Gasteiger charge is -2.43. The highest BCUT2D eigenvalue weighted by atomic mass is 19.1. The third-order valence-electron chi connectivity index (χ3n) is 7.95. The number of benzene rings is 2. The van der Waals surface area contributed by atoms with E-state index in [1.54, 1.807) is 13.8 Å². The number of halogens is 3. The number of ether oxygens (including phenoxy) is 1. The average molecular weight is 528 g/mol. The molecule has 0 unspecified atom stereocenters. The molecule has 2 aromatic carbocycles. The molecule has 0 aliphatic carbocycles. The van der Waals surface area contributed by atoms with Crippen molar-refractivity contribution >= 4 is 10.9 Å². The summed E-state index contributed by atoms with van der Waals surface area (Å²) >= 11 is 0. The van der Waals surface area contributed by atoms with Crippen molar-refractivity contribution < 1.29 is 17.9 Å². The van der Waals surface area contributed by atoms with Gasteiger partial charge in [-0.1, -0.05) is 44.4 Å². The smallest absolute Gasteiger partial charge is 0.191 e. The van der Waals surface area contributed by atoms with Gasteiger partial charge in [0, 0.05) is 42.3 Å². The third kappa shape index (κ3) is 5.59. The number of H-pyrrole nitrogens is 1. The molecule has 2 atom stereocenters. The van der Waals surface area contributed by atoms with Gasteiger partial charge in [-0.15, -0.1) is 0 Å². The molecule has 4 nitrogen and oxygen atoms in total. The summed E-state index contributed by atoms with van der Waals surface area (Å²) in [6.07, 6.45) is 5.29. The quantitative estimate of drug-likeness (QED) is 0.284. The highest BCUT2D eigenvalue weighted by molar-refractivity contribution is 5.85. The van der Waals surface area contributed by atoms with Crippen molar-refractivity contribution in [3.63, 3.8) is 0 Å². The molecule has 2 aliphatic rings. The summed E-state index contributed by atoms with van der Waals surface area (Å²) in [5, 5.41) is 1.10. The Bertz CT molecular complexity index is 1240. The van der Waals surface area contributed by atoms with Crippen molar-refractivity contribution in [2.24, 2.45) is 0 Å². The molecule has 1 saturated heterocycles. The monoisotopic (exact) mass is 527 g/mol. The molecule has 3 aromatic rings. The summed E-state index contributed by atoms with van der Waals surface area (Å²) in [6, 6.07) is 10.2. The van der Waals surface area contributed by atoms with E-state index < -0.39 is 23.3 Å². The molecule has 0 spiro atoms. The molecule has 38 heavy (non-hydrogen) atoms. The van der Waals surface area contributed by atoms with E-state index in [1.165, 1.54) is 31.4 Å². The van der Waals surface area contributed by atoms with E-state index >= 15 is 8.78 Å². The molecule has 206 valence electrons.